The van der Waals surface area contributed by atoms with Crippen LogP contribution in [-0.4, -0.2) is 0 Å². The Morgan fingerprint density at radius 1 is 0.789 bits per heavy atom. The summed E-state index contributed by atoms with van der Waals surface area (Å²) in [5.41, 5.74) is 10.7. The lowest BCUT2D eigenvalue weighted by Crippen LogP contribution is -1.92. The van der Waals surface area contributed by atoms with Crippen LogP contribution in [0.1, 0.15) is 42.9 Å². The largest absolute Gasteiger partial charge is 0.399 e. The molecular formula is C18H23N. The Morgan fingerprint density at radius 3 is 1.74 bits per heavy atom. The first-order chi connectivity index (χ1) is 9.15. The van der Waals surface area contributed by atoms with Gasteiger partial charge in [-0.2, -0.15) is 0 Å². The van der Waals surface area contributed by atoms with E-state index in [1.165, 1.54) is 23.1 Å². The highest BCUT2D eigenvalue weighted by molar-refractivity contribution is 5.39. The monoisotopic (exact) mass is 253 g/mol. The lowest BCUT2D eigenvalue weighted by molar-refractivity contribution is 0.816. The summed E-state index contributed by atoms with van der Waals surface area (Å²) in [5, 5.41) is 0. The number of hydrogen-bond acceptors (Lipinski definition) is 1. The molecule has 0 aromatic heterocycles. The lowest BCUT2D eigenvalue weighted by atomic mass is 9.99. The van der Waals surface area contributed by atoms with E-state index < -0.39 is 0 Å². The molecular weight excluding hydrogens is 230 g/mol. The number of hydrogen-bond donors (Lipinski definition) is 1. The molecule has 0 aliphatic rings. The third-order valence-corrected chi connectivity index (χ3v) is 3.56. The van der Waals surface area contributed by atoms with Crippen LogP contribution in [0.15, 0.2) is 48.5 Å². The van der Waals surface area contributed by atoms with E-state index in [1.807, 2.05) is 12.1 Å². The molecule has 0 fully saturated rings. The minimum atomic E-state index is 0.615. The third kappa shape index (κ3) is 4.13. The van der Waals surface area contributed by atoms with E-state index in [2.05, 4.69) is 50.2 Å². The molecule has 0 aliphatic heterocycles. The van der Waals surface area contributed by atoms with Crippen molar-refractivity contribution in [3.8, 4) is 0 Å². The first-order valence-corrected chi connectivity index (χ1v) is 7.08. The predicted octanol–water partition coefficient (Wildman–Crippen LogP) is 4.57. The average molecular weight is 253 g/mol. The maximum absolute atomic E-state index is 5.68. The molecule has 0 heterocycles. The highest BCUT2D eigenvalue weighted by Crippen LogP contribution is 2.16. The molecule has 0 aliphatic carbocycles. The number of nitrogen functional groups attached to an aromatic ring is 1. The van der Waals surface area contributed by atoms with Gasteiger partial charge in [0.15, 0.2) is 0 Å². The lowest BCUT2D eigenvalue weighted by Gasteiger charge is -2.07. The topological polar surface area (TPSA) is 26.0 Å². The third-order valence-electron chi connectivity index (χ3n) is 3.56. The van der Waals surface area contributed by atoms with Crippen molar-refractivity contribution in [3.05, 3.63) is 65.2 Å². The summed E-state index contributed by atoms with van der Waals surface area (Å²) in [4.78, 5) is 0. The second-order valence-corrected chi connectivity index (χ2v) is 5.49. The number of anilines is 1. The van der Waals surface area contributed by atoms with Gasteiger partial charge in [-0.05, 0) is 54.0 Å². The molecule has 0 amide bonds. The smallest absolute Gasteiger partial charge is 0.0314 e. The van der Waals surface area contributed by atoms with Gasteiger partial charge in [0, 0.05) is 5.69 Å². The van der Waals surface area contributed by atoms with Crippen molar-refractivity contribution in [3.63, 3.8) is 0 Å². The Hall–Kier alpha value is -1.76. The van der Waals surface area contributed by atoms with E-state index in [9.17, 15) is 0 Å². The first kappa shape index (κ1) is 13.7. The molecule has 0 unspecified atom stereocenters. The summed E-state index contributed by atoms with van der Waals surface area (Å²) in [6.07, 6.45) is 3.44. The summed E-state index contributed by atoms with van der Waals surface area (Å²) < 4.78 is 0. The molecule has 0 bridgehead atoms. The van der Waals surface area contributed by atoms with Crippen molar-refractivity contribution in [2.75, 3.05) is 5.73 Å². The summed E-state index contributed by atoms with van der Waals surface area (Å²) in [6, 6.07) is 17.2. The van der Waals surface area contributed by atoms with E-state index in [1.54, 1.807) is 0 Å². The maximum Gasteiger partial charge on any atom is 0.0314 e. The molecule has 0 radical (unpaired) electrons. The van der Waals surface area contributed by atoms with Gasteiger partial charge in [-0.25, -0.2) is 0 Å². The van der Waals surface area contributed by atoms with E-state index in [0.717, 1.165) is 18.5 Å². The molecule has 2 rings (SSSR count). The molecule has 0 atom stereocenters. The van der Waals surface area contributed by atoms with E-state index in [-0.39, 0.29) is 0 Å². The fourth-order valence-corrected chi connectivity index (χ4v) is 2.25. The van der Waals surface area contributed by atoms with Crippen LogP contribution in [-0.2, 0) is 12.8 Å². The Labute approximate surface area is 116 Å². The van der Waals surface area contributed by atoms with Crippen molar-refractivity contribution in [2.45, 2.75) is 39.0 Å². The zero-order valence-corrected chi connectivity index (χ0v) is 11.9. The minimum Gasteiger partial charge on any atom is -0.399 e. The van der Waals surface area contributed by atoms with Crippen LogP contribution in [0.2, 0.25) is 0 Å². The molecule has 1 nitrogen and oxygen atoms in total. The van der Waals surface area contributed by atoms with Gasteiger partial charge in [-0.3, -0.25) is 0 Å². The van der Waals surface area contributed by atoms with E-state index in [4.69, 9.17) is 5.73 Å². The van der Waals surface area contributed by atoms with Gasteiger partial charge in [0.25, 0.3) is 0 Å². The van der Waals surface area contributed by atoms with Crippen LogP contribution in [0.25, 0.3) is 0 Å². The van der Waals surface area contributed by atoms with Crippen molar-refractivity contribution in [1.82, 2.24) is 0 Å². The molecule has 0 spiro atoms. The molecule has 0 saturated heterocycles. The summed E-state index contributed by atoms with van der Waals surface area (Å²) in [6.45, 7) is 4.46. The molecule has 0 saturated carbocycles. The predicted molar refractivity (Wildman–Crippen MR) is 83.4 cm³/mol. The number of benzene rings is 2. The first-order valence-electron chi connectivity index (χ1n) is 7.08. The highest BCUT2D eigenvalue weighted by Gasteiger charge is 1.99. The van der Waals surface area contributed by atoms with Gasteiger partial charge < -0.3 is 5.73 Å². The summed E-state index contributed by atoms with van der Waals surface area (Å²) in [5.74, 6) is 0.615. The van der Waals surface area contributed by atoms with Crippen molar-refractivity contribution in [2.24, 2.45) is 0 Å². The zero-order valence-electron chi connectivity index (χ0n) is 11.9. The minimum absolute atomic E-state index is 0.615. The molecule has 2 N–H and O–H groups in total. The molecule has 1 heteroatoms. The SMILES string of the molecule is CC(C)c1ccc(CCCc2ccc(N)cc2)cc1. The van der Waals surface area contributed by atoms with Crippen molar-refractivity contribution in [1.29, 1.82) is 0 Å². The number of aryl methyl sites for hydroxylation is 2. The highest BCUT2D eigenvalue weighted by atomic mass is 14.5. The average Bonchev–Trinajstić information content (AvgIpc) is 2.41. The summed E-state index contributed by atoms with van der Waals surface area (Å²) in [7, 11) is 0. The Kier molecular flexibility index (Phi) is 4.62. The summed E-state index contributed by atoms with van der Waals surface area (Å²) >= 11 is 0. The van der Waals surface area contributed by atoms with Gasteiger partial charge in [-0.1, -0.05) is 50.2 Å². The normalized spacial score (nSPS) is 10.9. The van der Waals surface area contributed by atoms with Crippen LogP contribution >= 0.6 is 0 Å². The molecule has 19 heavy (non-hydrogen) atoms. The Bertz CT molecular complexity index is 494. The Morgan fingerprint density at radius 2 is 1.26 bits per heavy atom. The second kappa shape index (κ2) is 6.42. The van der Waals surface area contributed by atoms with Crippen molar-refractivity contribution >= 4 is 5.69 Å². The van der Waals surface area contributed by atoms with Gasteiger partial charge in [0.05, 0.1) is 0 Å². The van der Waals surface area contributed by atoms with E-state index >= 15 is 0 Å². The van der Waals surface area contributed by atoms with Gasteiger partial charge >= 0.3 is 0 Å². The van der Waals surface area contributed by atoms with E-state index in [0.29, 0.717) is 5.92 Å². The Balaban J connectivity index is 1.83. The zero-order chi connectivity index (χ0) is 13.7. The molecule has 2 aromatic rings. The fraction of sp³-hybridized carbons (Fsp3) is 0.333. The molecule has 100 valence electrons. The van der Waals surface area contributed by atoms with Crippen LogP contribution in [0.3, 0.4) is 0 Å². The van der Waals surface area contributed by atoms with Gasteiger partial charge in [-0.15, -0.1) is 0 Å². The molecule has 2 aromatic carbocycles. The van der Waals surface area contributed by atoms with Gasteiger partial charge in [0.2, 0.25) is 0 Å². The van der Waals surface area contributed by atoms with Crippen LogP contribution in [0.4, 0.5) is 5.69 Å². The van der Waals surface area contributed by atoms with Crippen LogP contribution in [0.5, 0.6) is 0 Å². The van der Waals surface area contributed by atoms with Crippen molar-refractivity contribution < 1.29 is 0 Å². The fourth-order valence-electron chi connectivity index (χ4n) is 2.25. The van der Waals surface area contributed by atoms with Gasteiger partial charge in [0.1, 0.15) is 0 Å². The standard InChI is InChI=1S/C18H23N/c1-14(2)17-10-6-15(7-11-17)4-3-5-16-8-12-18(19)13-9-16/h6-14H,3-5,19H2,1-2H3. The number of nitrogens with two attached hydrogens (primary N) is 1. The van der Waals surface area contributed by atoms with Crippen LogP contribution in [0, 0.1) is 0 Å². The van der Waals surface area contributed by atoms with Crippen LogP contribution < -0.4 is 5.73 Å². The quantitative estimate of drug-likeness (QED) is 0.776. The number of rotatable bonds is 5. The second-order valence-electron chi connectivity index (χ2n) is 5.49. The maximum atomic E-state index is 5.68.